The maximum Gasteiger partial charge on any atom is 0.150 e. The van der Waals surface area contributed by atoms with Crippen molar-refractivity contribution in [2.75, 3.05) is 11.5 Å². The molecule has 0 radical (unpaired) electrons. The zero-order chi connectivity index (χ0) is 23.2. The molecule has 0 amide bonds. The molecule has 1 aliphatic carbocycles. The normalized spacial score (nSPS) is 30.8. The van der Waals surface area contributed by atoms with E-state index in [1.807, 2.05) is 17.8 Å². The third-order valence-electron chi connectivity index (χ3n) is 7.28. The zero-order valence-electron chi connectivity index (χ0n) is 18.5. The van der Waals surface area contributed by atoms with Gasteiger partial charge in [-0.2, -0.15) is 5.10 Å². The predicted octanol–water partition coefficient (Wildman–Crippen LogP) is 3.80. The molecule has 5 rings (SSSR count). The standard InChI is InChI=1S/C22H29Cl2N5O3S/c1-13(21-18(23)10-25-11-19(21)24)32-16-2-3-20-17(8-16)22(28-27-20)14-9-26-29(12-14)15-4-6-33(30,31)7-5-15/h9-13,15-17,20,22,27-28H,2-8H2,1H3/t13-,16?,17?,20?,22?/m1/s1. The first-order valence-electron chi connectivity index (χ1n) is 11.5. The van der Waals surface area contributed by atoms with Gasteiger partial charge in [0, 0.05) is 35.8 Å². The van der Waals surface area contributed by atoms with Gasteiger partial charge in [-0.3, -0.25) is 15.1 Å². The fourth-order valence-corrected chi connectivity index (χ4v) is 7.63. The maximum atomic E-state index is 11.8. The second-order valence-electron chi connectivity index (χ2n) is 9.40. The van der Waals surface area contributed by atoms with Gasteiger partial charge in [0.2, 0.25) is 0 Å². The summed E-state index contributed by atoms with van der Waals surface area (Å²) in [5.74, 6) is 0.844. The molecule has 2 aromatic heterocycles. The monoisotopic (exact) mass is 513 g/mol. The molecule has 4 unspecified atom stereocenters. The van der Waals surface area contributed by atoms with E-state index >= 15 is 0 Å². The number of hydrazine groups is 1. The van der Waals surface area contributed by atoms with Gasteiger partial charge in [0.05, 0.1) is 52.0 Å². The highest BCUT2D eigenvalue weighted by atomic mass is 35.5. The number of ether oxygens (including phenoxy) is 1. The summed E-state index contributed by atoms with van der Waals surface area (Å²) in [6.07, 6.45) is 11.2. The molecule has 3 aliphatic rings. The van der Waals surface area contributed by atoms with E-state index in [9.17, 15) is 8.42 Å². The minimum atomic E-state index is -2.89. The highest BCUT2D eigenvalue weighted by Gasteiger charge is 2.42. The van der Waals surface area contributed by atoms with Gasteiger partial charge in [-0.15, -0.1) is 0 Å². The number of fused-ring (bicyclic) bond motifs is 1. The Balaban J connectivity index is 1.25. The number of halogens is 2. The molecule has 180 valence electrons. The third kappa shape index (κ3) is 4.94. The van der Waals surface area contributed by atoms with Gasteiger partial charge < -0.3 is 4.74 Å². The van der Waals surface area contributed by atoms with Gasteiger partial charge >= 0.3 is 0 Å². The van der Waals surface area contributed by atoms with Crippen LogP contribution in [0, 0.1) is 5.92 Å². The van der Waals surface area contributed by atoms with Crippen LogP contribution in [-0.2, 0) is 14.6 Å². The lowest BCUT2D eigenvalue weighted by Crippen LogP contribution is -2.37. The zero-order valence-corrected chi connectivity index (χ0v) is 20.8. The fraction of sp³-hybridized carbons (Fsp3) is 0.636. The molecule has 4 heterocycles. The first kappa shape index (κ1) is 23.5. The fourth-order valence-electron chi connectivity index (χ4n) is 5.49. The molecular formula is C22H29Cl2N5O3S. The largest absolute Gasteiger partial charge is 0.370 e. The smallest absolute Gasteiger partial charge is 0.150 e. The van der Waals surface area contributed by atoms with Crippen LogP contribution in [0.1, 0.15) is 68.3 Å². The van der Waals surface area contributed by atoms with Crippen molar-refractivity contribution in [2.24, 2.45) is 5.92 Å². The van der Waals surface area contributed by atoms with E-state index in [0.717, 1.165) is 30.4 Å². The second kappa shape index (κ2) is 9.43. The summed E-state index contributed by atoms with van der Waals surface area (Å²) in [7, 11) is -2.89. The molecule has 2 aromatic rings. The summed E-state index contributed by atoms with van der Waals surface area (Å²) in [4.78, 5) is 4.03. The van der Waals surface area contributed by atoms with Gasteiger partial charge in [-0.25, -0.2) is 13.8 Å². The van der Waals surface area contributed by atoms with Crippen molar-refractivity contribution in [3.63, 3.8) is 0 Å². The number of hydrogen-bond donors (Lipinski definition) is 2. The minimum Gasteiger partial charge on any atom is -0.370 e. The molecule has 33 heavy (non-hydrogen) atoms. The van der Waals surface area contributed by atoms with Crippen molar-refractivity contribution >= 4 is 33.0 Å². The van der Waals surface area contributed by atoms with Gasteiger partial charge in [0.1, 0.15) is 9.84 Å². The molecule has 0 bridgehead atoms. The Kier molecular flexibility index (Phi) is 6.72. The summed E-state index contributed by atoms with van der Waals surface area (Å²) in [5, 5.41) is 5.63. The first-order chi connectivity index (χ1) is 15.8. The Bertz CT molecular complexity index is 1080. The number of aromatic nitrogens is 3. The van der Waals surface area contributed by atoms with Crippen LogP contribution < -0.4 is 10.9 Å². The topological polar surface area (TPSA) is 98.1 Å². The lowest BCUT2D eigenvalue weighted by molar-refractivity contribution is -0.0370. The predicted molar refractivity (Wildman–Crippen MR) is 127 cm³/mol. The van der Waals surface area contributed by atoms with Gasteiger partial charge in [0.15, 0.2) is 0 Å². The van der Waals surface area contributed by atoms with E-state index in [4.69, 9.17) is 27.9 Å². The molecule has 0 aromatic carbocycles. The molecule has 8 nitrogen and oxygen atoms in total. The molecular weight excluding hydrogens is 485 g/mol. The Morgan fingerprint density at radius 1 is 1.09 bits per heavy atom. The van der Waals surface area contributed by atoms with Crippen molar-refractivity contribution in [3.8, 4) is 0 Å². The van der Waals surface area contributed by atoms with Crippen LogP contribution in [0.5, 0.6) is 0 Å². The third-order valence-corrected chi connectivity index (χ3v) is 9.59. The summed E-state index contributed by atoms with van der Waals surface area (Å²) in [5.41, 5.74) is 8.83. The van der Waals surface area contributed by atoms with E-state index in [1.165, 1.54) is 0 Å². The summed E-state index contributed by atoms with van der Waals surface area (Å²) in [6, 6.07) is 0.651. The van der Waals surface area contributed by atoms with Crippen molar-refractivity contribution in [2.45, 2.75) is 69.4 Å². The molecule has 2 aliphatic heterocycles. The molecule has 2 saturated heterocycles. The van der Waals surface area contributed by atoms with Crippen molar-refractivity contribution in [3.05, 3.63) is 46.0 Å². The molecule has 1 saturated carbocycles. The highest BCUT2D eigenvalue weighted by Crippen LogP contribution is 2.41. The lowest BCUT2D eigenvalue weighted by atomic mass is 9.78. The number of pyridine rings is 1. The Hall–Kier alpha value is -1.23. The highest BCUT2D eigenvalue weighted by molar-refractivity contribution is 7.91. The van der Waals surface area contributed by atoms with E-state index < -0.39 is 9.84 Å². The average molecular weight is 514 g/mol. The van der Waals surface area contributed by atoms with E-state index in [1.54, 1.807) is 12.4 Å². The van der Waals surface area contributed by atoms with Crippen LogP contribution >= 0.6 is 23.2 Å². The van der Waals surface area contributed by atoms with Gasteiger partial charge in [-0.05, 0) is 44.9 Å². The van der Waals surface area contributed by atoms with Gasteiger partial charge in [-0.1, -0.05) is 23.2 Å². The molecule has 5 atom stereocenters. The molecule has 2 N–H and O–H groups in total. The van der Waals surface area contributed by atoms with Crippen molar-refractivity contribution in [1.82, 2.24) is 25.6 Å². The Morgan fingerprint density at radius 3 is 2.55 bits per heavy atom. The van der Waals surface area contributed by atoms with E-state index in [-0.39, 0.29) is 35.8 Å². The number of nitrogens with one attached hydrogen (secondary N) is 2. The van der Waals surface area contributed by atoms with Crippen LogP contribution in [0.3, 0.4) is 0 Å². The number of rotatable bonds is 5. The summed E-state index contributed by atoms with van der Waals surface area (Å²) < 4.78 is 31.9. The molecule has 0 spiro atoms. The van der Waals surface area contributed by atoms with E-state index in [2.05, 4.69) is 27.1 Å². The number of sulfone groups is 1. The van der Waals surface area contributed by atoms with Crippen molar-refractivity contribution < 1.29 is 13.2 Å². The number of hydrogen-bond acceptors (Lipinski definition) is 7. The average Bonchev–Trinajstić information content (AvgIpc) is 3.40. The van der Waals surface area contributed by atoms with Gasteiger partial charge in [0.25, 0.3) is 0 Å². The maximum absolute atomic E-state index is 11.8. The SMILES string of the molecule is C[C@@H](OC1CCC2NNC(c3cnn(C4CCS(=O)(=O)CC4)c3)C2C1)c1c(Cl)cncc1Cl. The minimum absolute atomic E-state index is 0.101. The summed E-state index contributed by atoms with van der Waals surface area (Å²) >= 11 is 12.7. The lowest BCUT2D eigenvalue weighted by Gasteiger charge is -2.34. The quantitative estimate of drug-likeness (QED) is 0.627. The number of nitrogens with zero attached hydrogens (tertiary/aromatic N) is 3. The van der Waals surface area contributed by atoms with Crippen LogP contribution in [0.15, 0.2) is 24.8 Å². The second-order valence-corrected chi connectivity index (χ2v) is 12.5. The summed E-state index contributed by atoms with van der Waals surface area (Å²) in [6.45, 7) is 1.98. The van der Waals surface area contributed by atoms with Crippen molar-refractivity contribution in [1.29, 1.82) is 0 Å². The van der Waals surface area contributed by atoms with Crippen LogP contribution in [0.25, 0.3) is 0 Å². The van der Waals surface area contributed by atoms with Crippen LogP contribution in [-0.4, -0.2) is 46.8 Å². The van der Waals surface area contributed by atoms with Crippen LogP contribution in [0.2, 0.25) is 10.0 Å². The van der Waals surface area contributed by atoms with E-state index in [0.29, 0.717) is 34.8 Å². The Morgan fingerprint density at radius 2 is 1.82 bits per heavy atom. The van der Waals surface area contributed by atoms with Crippen LogP contribution in [0.4, 0.5) is 0 Å². The molecule has 11 heteroatoms. The Labute approximate surface area is 204 Å². The first-order valence-corrected chi connectivity index (χ1v) is 14.1. The molecule has 3 fully saturated rings.